The third-order valence-electron chi connectivity index (χ3n) is 3.60. The average Bonchev–Trinajstić information content (AvgIpc) is 2.90. The van der Waals surface area contributed by atoms with Gasteiger partial charge in [0.2, 0.25) is 0 Å². The van der Waals surface area contributed by atoms with Crippen molar-refractivity contribution in [3.8, 4) is 5.75 Å². The fraction of sp³-hybridized carbons (Fsp3) is 0.400. The van der Waals surface area contributed by atoms with Crippen molar-refractivity contribution in [1.82, 2.24) is 14.9 Å². The second kappa shape index (κ2) is 5.85. The Morgan fingerprint density at radius 1 is 1.40 bits per heavy atom. The van der Waals surface area contributed by atoms with Crippen molar-refractivity contribution in [3.05, 3.63) is 47.0 Å². The van der Waals surface area contributed by atoms with Gasteiger partial charge in [0.15, 0.2) is 0 Å². The lowest BCUT2D eigenvalue weighted by Crippen LogP contribution is -2.35. The molecule has 0 fully saturated rings. The van der Waals surface area contributed by atoms with Crippen LogP contribution in [0.1, 0.15) is 25.1 Å². The first-order valence-corrected chi connectivity index (χ1v) is 6.88. The van der Waals surface area contributed by atoms with Gasteiger partial charge in [0.05, 0.1) is 37.4 Å². The van der Waals surface area contributed by atoms with E-state index in [4.69, 9.17) is 16.3 Å². The maximum absolute atomic E-state index is 6.30. The van der Waals surface area contributed by atoms with Gasteiger partial charge >= 0.3 is 0 Å². The number of methoxy groups -OCH3 is 1. The number of hydrogen-bond acceptors (Lipinski definition) is 3. The second-order valence-electron chi connectivity index (χ2n) is 5.20. The van der Waals surface area contributed by atoms with Gasteiger partial charge < -0.3 is 14.6 Å². The zero-order valence-corrected chi connectivity index (χ0v) is 13.0. The van der Waals surface area contributed by atoms with Gasteiger partial charge in [-0.25, -0.2) is 4.98 Å². The molecule has 1 N–H and O–H groups in total. The van der Waals surface area contributed by atoms with Crippen LogP contribution < -0.4 is 10.1 Å². The zero-order chi connectivity index (χ0) is 14.8. The SMILES string of the molecule is CNC(C)(C)c1cncn1Cc1c(Cl)cccc1OC. The minimum absolute atomic E-state index is 0.162. The number of imidazole rings is 1. The molecule has 0 radical (unpaired) electrons. The molecule has 0 saturated carbocycles. The summed E-state index contributed by atoms with van der Waals surface area (Å²) >= 11 is 6.30. The summed E-state index contributed by atoms with van der Waals surface area (Å²) in [6.07, 6.45) is 3.69. The van der Waals surface area contributed by atoms with Crippen LogP contribution >= 0.6 is 11.6 Å². The Bertz CT molecular complexity index is 593. The zero-order valence-electron chi connectivity index (χ0n) is 12.3. The van der Waals surface area contributed by atoms with Crippen molar-refractivity contribution in [2.75, 3.05) is 14.2 Å². The van der Waals surface area contributed by atoms with Crippen molar-refractivity contribution in [2.45, 2.75) is 25.9 Å². The van der Waals surface area contributed by atoms with Crippen LogP contribution in [-0.4, -0.2) is 23.7 Å². The van der Waals surface area contributed by atoms with E-state index in [0.717, 1.165) is 17.0 Å². The minimum Gasteiger partial charge on any atom is -0.496 e. The highest BCUT2D eigenvalue weighted by Crippen LogP contribution is 2.28. The molecular formula is C15H20ClN3O. The lowest BCUT2D eigenvalue weighted by molar-refractivity contribution is 0.399. The van der Waals surface area contributed by atoms with Gasteiger partial charge in [0.1, 0.15) is 5.75 Å². The van der Waals surface area contributed by atoms with Crippen LogP contribution in [0.3, 0.4) is 0 Å². The van der Waals surface area contributed by atoms with Crippen LogP contribution in [0.4, 0.5) is 0 Å². The lowest BCUT2D eigenvalue weighted by Gasteiger charge is -2.25. The molecule has 0 spiro atoms. The van der Waals surface area contributed by atoms with Crippen LogP contribution in [0.15, 0.2) is 30.7 Å². The van der Waals surface area contributed by atoms with E-state index in [1.54, 1.807) is 7.11 Å². The third kappa shape index (κ3) is 2.81. The maximum Gasteiger partial charge on any atom is 0.125 e. The van der Waals surface area contributed by atoms with Gasteiger partial charge in [-0.2, -0.15) is 0 Å². The van der Waals surface area contributed by atoms with Gasteiger partial charge in [-0.05, 0) is 33.0 Å². The van der Waals surface area contributed by atoms with Crippen LogP contribution in [0, 0.1) is 0 Å². The fourth-order valence-electron chi connectivity index (χ4n) is 2.15. The summed E-state index contributed by atoms with van der Waals surface area (Å²) in [7, 11) is 3.59. The maximum atomic E-state index is 6.30. The number of nitrogens with one attached hydrogen (secondary N) is 1. The summed E-state index contributed by atoms with van der Waals surface area (Å²) in [5.41, 5.74) is 1.90. The minimum atomic E-state index is -0.162. The number of rotatable bonds is 5. The highest BCUT2D eigenvalue weighted by atomic mass is 35.5. The predicted octanol–water partition coefficient (Wildman–Crippen LogP) is 3.05. The van der Waals surface area contributed by atoms with Crippen molar-refractivity contribution >= 4 is 11.6 Å². The van der Waals surface area contributed by atoms with E-state index >= 15 is 0 Å². The van der Waals surface area contributed by atoms with Gasteiger partial charge in [0.25, 0.3) is 0 Å². The number of halogens is 1. The van der Waals surface area contributed by atoms with E-state index in [0.29, 0.717) is 11.6 Å². The Kier molecular flexibility index (Phi) is 4.35. The average molecular weight is 294 g/mol. The highest BCUT2D eigenvalue weighted by molar-refractivity contribution is 6.31. The Morgan fingerprint density at radius 2 is 2.15 bits per heavy atom. The summed E-state index contributed by atoms with van der Waals surface area (Å²) in [6.45, 7) is 4.86. The summed E-state index contributed by atoms with van der Waals surface area (Å²) in [5.74, 6) is 0.791. The van der Waals surface area contributed by atoms with E-state index in [-0.39, 0.29) is 5.54 Å². The van der Waals surface area contributed by atoms with E-state index in [9.17, 15) is 0 Å². The quantitative estimate of drug-likeness (QED) is 0.921. The molecule has 0 aliphatic heterocycles. The molecule has 0 amide bonds. The Balaban J connectivity index is 2.40. The molecule has 2 aromatic rings. The second-order valence-corrected chi connectivity index (χ2v) is 5.61. The Labute approximate surface area is 124 Å². The van der Waals surface area contributed by atoms with Crippen molar-refractivity contribution in [1.29, 1.82) is 0 Å². The largest absolute Gasteiger partial charge is 0.496 e. The smallest absolute Gasteiger partial charge is 0.125 e. The standard InChI is InChI=1S/C15H20ClN3O/c1-15(2,17-3)14-8-18-10-19(14)9-11-12(16)6-5-7-13(11)20-4/h5-8,10,17H,9H2,1-4H3. The molecule has 0 aliphatic carbocycles. The lowest BCUT2D eigenvalue weighted by atomic mass is 10.0. The summed E-state index contributed by atoms with van der Waals surface area (Å²) in [4.78, 5) is 4.26. The molecule has 20 heavy (non-hydrogen) atoms. The van der Waals surface area contributed by atoms with E-state index < -0.39 is 0 Å². The first kappa shape index (κ1) is 14.9. The van der Waals surface area contributed by atoms with Crippen molar-refractivity contribution < 1.29 is 4.74 Å². The van der Waals surface area contributed by atoms with Crippen LogP contribution in [-0.2, 0) is 12.1 Å². The van der Waals surface area contributed by atoms with Gasteiger partial charge in [-0.1, -0.05) is 17.7 Å². The van der Waals surface area contributed by atoms with E-state index in [1.165, 1.54) is 0 Å². The summed E-state index contributed by atoms with van der Waals surface area (Å²) in [5, 5.41) is 3.99. The molecule has 0 bridgehead atoms. The molecule has 2 rings (SSSR count). The third-order valence-corrected chi connectivity index (χ3v) is 3.96. The normalized spacial score (nSPS) is 11.7. The van der Waals surface area contributed by atoms with Gasteiger partial charge in [-0.15, -0.1) is 0 Å². The summed E-state index contributed by atoms with van der Waals surface area (Å²) in [6, 6.07) is 5.68. The van der Waals surface area contributed by atoms with Crippen molar-refractivity contribution in [2.24, 2.45) is 0 Å². The number of nitrogens with zero attached hydrogens (tertiary/aromatic N) is 2. The number of benzene rings is 1. The molecule has 0 saturated heterocycles. The fourth-order valence-corrected chi connectivity index (χ4v) is 2.37. The number of ether oxygens (including phenoxy) is 1. The first-order valence-electron chi connectivity index (χ1n) is 6.50. The number of hydrogen-bond donors (Lipinski definition) is 1. The van der Waals surface area contributed by atoms with E-state index in [2.05, 4.69) is 28.7 Å². The molecular weight excluding hydrogens is 274 g/mol. The highest BCUT2D eigenvalue weighted by Gasteiger charge is 2.23. The first-order chi connectivity index (χ1) is 9.49. The molecule has 108 valence electrons. The van der Waals surface area contributed by atoms with Gasteiger partial charge in [0, 0.05) is 10.6 Å². The van der Waals surface area contributed by atoms with Crippen LogP contribution in [0.25, 0.3) is 0 Å². The Hall–Kier alpha value is -1.52. The monoisotopic (exact) mass is 293 g/mol. The Morgan fingerprint density at radius 3 is 2.80 bits per heavy atom. The van der Waals surface area contributed by atoms with Crippen molar-refractivity contribution in [3.63, 3.8) is 0 Å². The molecule has 1 heterocycles. The predicted molar refractivity (Wildman–Crippen MR) is 81.4 cm³/mol. The molecule has 0 atom stereocenters. The molecule has 1 aromatic carbocycles. The molecule has 5 heteroatoms. The molecule has 0 unspecified atom stereocenters. The molecule has 4 nitrogen and oxygen atoms in total. The number of aromatic nitrogens is 2. The van der Waals surface area contributed by atoms with E-state index in [1.807, 2.05) is 37.8 Å². The van der Waals surface area contributed by atoms with Crippen LogP contribution in [0.5, 0.6) is 5.75 Å². The molecule has 1 aromatic heterocycles. The molecule has 0 aliphatic rings. The topological polar surface area (TPSA) is 39.1 Å². The summed E-state index contributed by atoms with van der Waals surface area (Å²) < 4.78 is 7.48. The van der Waals surface area contributed by atoms with Gasteiger partial charge in [-0.3, -0.25) is 0 Å². The van der Waals surface area contributed by atoms with Crippen LogP contribution in [0.2, 0.25) is 5.02 Å².